The van der Waals surface area contributed by atoms with Crippen molar-refractivity contribution in [3.05, 3.63) is 18.0 Å². The summed E-state index contributed by atoms with van der Waals surface area (Å²) in [5.41, 5.74) is 1.59. The molecule has 1 unspecified atom stereocenters. The average Bonchev–Trinajstić information content (AvgIpc) is 2.91. The van der Waals surface area contributed by atoms with Gasteiger partial charge in [-0.15, -0.1) is 0 Å². The highest BCUT2D eigenvalue weighted by molar-refractivity contribution is 5.04. The van der Waals surface area contributed by atoms with Gasteiger partial charge in [0.1, 0.15) is 0 Å². The highest BCUT2D eigenvalue weighted by Crippen LogP contribution is 2.30. The first-order chi connectivity index (χ1) is 9.10. The van der Waals surface area contributed by atoms with Gasteiger partial charge in [0.2, 0.25) is 0 Å². The normalized spacial score (nSPS) is 13.7. The summed E-state index contributed by atoms with van der Waals surface area (Å²) in [6.45, 7) is 13.3. The number of hydrogen-bond donors (Lipinski definition) is 1. The van der Waals surface area contributed by atoms with Crippen molar-refractivity contribution in [3.8, 4) is 0 Å². The minimum absolute atomic E-state index is 0.352. The van der Waals surface area contributed by atoms with E-state index in [1.54, 1.807) is 0 Å². The Labute approximate surface area is 118 Å². The molecule has 0 saturated heterocycles. The third-order valence-corrected chi connectivity index (χ3v) is 4.51. The molecular formula is C16H31N3. The summed E-state index contributed by atoms with van der Waals surface area (Å²) in [6.07, 6.45) is 6.74. The highest BCUT2D eigenvalue weighted by atomic mass is 15.3. The molecule has 0 aliphatic rings. The molecule has 0 bridgehead atoms. The number of nitrogens with zero attached hydrogens (tertiary/aromatic N) is 2. The largest absolute Gasteiger partial charge is 0.316 e. The van der Waals surface area contributed by atoms with Crippen LogP contribution in [0.15, 0.2) is 12.3 Å². The molecule has 0 saturated carbocycles. The van der Waals surface area contributed by atoms with Crippen LogP contribution in [0, 0.1) is 5.41 Å². The van der Waals surface area contributed by atoms with Crippen LogP contribution in [0.1, 0.15) is 65.6 Å². The Morgan fingerprint density at radius 1 is 1.26 bits per heavy atom. The maximum Gasteiger partial charge on any atom is 0.0630 e. The van der Waals surface area contributed by atoms with Crippen LogP contribution in [0.25, 0.3) is 0 Å². The highest BCUT2D eigenvalue weighted by Gasteiger charge is 2.27. The van der Waals surface area contributed by atoms with Gasteiger partial charge in [-0.1, -0.05) is 27.7 Å². The van der Waals surface area contributed by atoms with Crippen molar-refractivity contribution in [3.63, 3.8) is 0 Å². The Hall–Kier alpha value is -0.830. The number of rotatable bonds is 9. The third kappa shape index (κ3) is 4.34. The summed E-state index contributed by atoms with van der Waals surface area (Å²) in [4.78, 5) is 0. The zero-order chi connectivity index (χ0) is 14.3. The van der Waals surface area contributed by atoms with Crippen LogP contribution in [0.3, 0.4) is 0 Å². The Kier molecular flexibility index (Phi) is 6.56. The Bertz CT molecular complexity index is 353. The van der Waals surface area contributed by atoms with Crippen LogP contribution in [-0.2, 0) is 6.42 Å². The molecule has 0 amide bonds. The fourth-order valence-electron chi connectivity index (χ4n) is 2.49. The van der Waals surface area contributed by atoms with Gasteiger partial charge in [-0.2, -0.15) is 5.10 Å². The molecule has 0 aliphatic carbocycles. The molecule has 0 aromatic carbocycles. The molecule has 1 rings (SSSR count). The van der Waals surface area contributed by atoms with Gasteiger partial charge in [0, 0.05) is 18.8 Å². The lowest BCUT2D eigenvalue weighted by Crippen LogP contribution is -2.35. The van der Waals surface area contributed by atoms with Gasteiger partial charge in [-0.3, -0.25) is 4.68 Å². The van der Waals surface area contributed by atoms with Crippen molar-refractivity contribution in [2.75, 3.05) is 13.1 Å². The van der Waals surface area contributed by atoms with Crippen LogP contribution < -0.4 is 5.32 Å². The van der Waals surface area contributed by atoms with Crippen LogP contribution in [-0.4, -0.2) is 22.9 Å². The Morgan fingerprint density at radius 2 is 1.95 bits per heavy atom. The van der Waals surface area contributed by atoms with Gasteiger partial charge in [-0.05, 0) is 50.6 Å². The first-order valence-corrected chi connectivity index (χ1v) is 7.85. The Balaban J connectivity index is 2.75. The van der Waals surface area contributed by atoms with E-state index in [1.165, 1.54) is 18.5 Å². The van der Waals surface area contributed by atoms with E-state index in [4.69, 9.17) is 5.10 Å². The molecule has 0 fully saturated rings. The van der Waals surface area contributed by atoms with Crippen LogP contribution in [0.2, 0.25) is 0 Å². The predicted molar refractivity (Wildman–Crippen MR) is 82.5 cm³/mol. The van der Waals surface area contributed by atoms with E-state index < -0.39 is 0 Å². The van der Waals surface area contributed by atoms with Crippen molar-refractivity contribution >= 4 is 0 Å². The number of aromatic nitrogens is 2. The first kappa shape index (κ1) is 16.2. The first-order valence-electron chi connectivity index (χ1n) is 7.85. The molecule has 1 aromatic rings. The van der Waals surface area contributed by atoms with E-state index in [0.29, 0.717) is 11.5 Å². The van der Waals surface area contributed by atoms with E-state index in [0.717, 1.165) is 25.9 Å². The lowest BCUT2D eigenvalue weighted by Gasteiger charge is -2.31. The molecule has 19 heavy (non-hydrogen) atoms. The molecule has 0 radical (unpaired) electrons. The second kappa shape index (κ2) is 7.68. The smallest absolute Gasteiger partial charge is 0.0630 e. The van der Waals surface area contributed by atoms with Gasteiger partial charge >= 0.3 is 0 Å². The predicted octanol–water partition coefficient (Wildman–Crippen LogP) is 3.81. The minimum atomic E-state index is 0.352. The molecule has 1 aromatic heterocycles. The van der Waals surface area contributed by atoms with Gasteiger partial charge in [-0.25, -0.2) is 0 Å². The van der Waals surface area contributed by atoms with Gasteiger partial charge in [0.15, 0.2) is 0 Å². The summed E-state index contributed by atoms with van der Waals surface area (Å²) in [6, 6.07) is 2.69. The zero-order valence-electron chi connectivity index (χ0n) is 13.4. The van der Waals surface area contributed by atoms with Crippen molar-refractivity contribution < 1.29 is 0 Å². The third-order valence-electron chi connectivity index (χ3n) is 4.51. The molecule has 110 valence electrons. The zero-order valence-corrected chi connectivity index (χ0v) is 13.4. The number of hydrogen-bond acceptors (Lipinski definition) is 2. The maximum atomic E-state index is 4.76. The molecular weight excluding hydrogens is 234 g/mol. The van der Waals surface area contributed by atoms with E-state index in [2.05, 4.69) is 56.9 Å². The lowest BCUT2D eigenvalue weighted by molar-refractivity contribution is 0.245. The molecule has 0 spiro atoms. The molecule has 1 atom stereocenters. The fourth-order valence-corrected chi connectivity index (χ4v) is 2.49. The average molecular weight is 265 g/mol. The van der Waals surface area contributed by atoms with Crippen LogP contribution in [0.5, 0.6) is 0 Å². The Morgan fingerprint density at radius 3 is 2.47 bits per heavy atom. The van der Waals surface area contributed by atoms with Gasteiger partial charge in [0.05, 0.1) is 5.69 Å². The topological polar surface area (TPSA) is 29.9 Å². The maximum absolute atomic E-state index is 4.76. The monoisotopic (exact) mass is 265 g/mol. The quantitative estimate of drug-likeness (QED) is 0.736. The number of nitrogens with one attached hydrogen (secondary N) is 1. The summed E-state index contributed by atoms with van der Waals surface area (Å²) >= 11 is 0. The lowest BCUT2D eigenvalue weighted by atomic mass is 9.78. The van der Waals surface area contributed by atoms with Crippen molar-refractivity contribution in [1.29, 1.82) is 0 Å². The molecule has 3 heteroatoms. The van der Waals surface area contributed by atoms with Gasteiger partial charge < -0.3 is 5.32 Å². The van der Waals surface area contributed by atoms with Gasteiger partial charge in [0.25, 0.3) is 0 Å². The molecule has 1 heterocycles. The second-order valence-corrected chi connectivity index (χ2v) is 5.71. The second-order valence-electron chi connectivity index (χ2n) is 5.71. The summed E-state index contributed by atoms with van der Waals surface area (Å²) in [5, 5.41) is 8.28. The van der Waals surface area contributed by atoms with E-state index in [-0.39, 0.29) is 0 Å². The molecule has 1 N–H and O–H groups in total. The van der Waals surface area contributed by atoms with E-state index in [9.17, 15) is 0 Å². The fraction of sp³-hybridized carbons (Fsp3) is 0.812. The van der Waals surface area contributed by atoms with Crippen molar-refractivity contribution in [2.24, 2.45) is 5.41 Å². The van der Waals surface area contributed by atoms with Crippen LogP contribution >= 0.6 is 0 Å². The van der Waals surface area contributed by atoms with Crippen molar-refractivity contribution in [1.82, 2.24) is 15.1 Å². The summed E-state index contributed by atoms with van der Waals surface area (Å²) in [5.74, 6) is 0. The van der Waals surface area contributed by atoms with Crippen LogP contribution in [0.4, 0.5) is 0 Å². The minimum Gasteiger partial charge on any atom is -0.316 e. The van der Waals surface area contributed by atoms with Crippen molar-refractivity contribution in [2.45, 2.75) is 66.3 Å². The SMILES string of the molecule is CCNCC(CC)(CC)Cc1ccn(C(C)CC)n1. The molecule has 0 aliphatic heterocycles. The van der Waals surface area contributed by atoms with E-state index >= 15 is 0 Å². The summed E-state index contributed by atoms with van der Waals surface area (Å²) < 4.78 is 2.11. The molecule has 3 nitrogen and oxygen atoms in total. The van der Waals surface area contributed by atoms with E-state index in [1.807, 2.05) is 0 Å². The standard InChI is InChI=1S/C16H31N3/c1-6-14(5)19-11-10-15(18-19)12-16(7-2,8-3)13-17-9-4/h10-11,14,17H,6-9,12-13H2,1-5H3. The summed E-state index contributed by atoms with van der Waals surface area (Å²) in [7, 11) is 0.